The summed E-state index contributed by atoms with van der Waals surface area (Å²) >= 11 is 0. The van der Waals surface area contributed by atoms with Crippen LogP contribution in [0.1, 0.15) is 11.4 Å². The van der Waals surface area contributed by atoms with Gasteiger partial charge >= 0.3 is 0 Å². The molecule has 1 heterocycles. The van der Waals surface area contributed by atoms with Crippen LogP contribution in [0.2, 0.25) is 0 Å². The minimum Gasteiger partial charge on any atom is -0.497 e. The number of benzene rings is 1. The number of rotatable bonds is 8. The standard InChI is InChI=1S/C17H22N4O/c1-4-9-18-16-12-17(21-13(2)20-16)19-10-8-14-6-5-7-15(11-14)22-3/h4-7,11-12H,1,8-10H2,2-3H3,(H2,18,19,20,21). The molecule has 2 rings (SSSR count). The molecule has 1 aromatic heterocycles. The molecule has 0 unspecified atom stereocenters. The first-order valence-corrected chi connectivity index (χ1v) is 7.28. The first kappa shape index (κ1) is 15.8. The largest absolute Gasteiger partial charge is 0.497 e. The molecule has 0 spiro atoms. The van der Waals surface area contributed by atoms with E-state index >= 15 is 0 Å². The maximum atomic E-state index is 5.23. The van der Waals surface area contributed by atoms with E-state index in [2.05, 4.69) is 33.2 Å². The fourth-order valence-electron chi connectivity index (χ4n) is 2.09. The number of hydrogen-bond acceptors (Lipinski definition) is 5. The van der Waals surface area contributed by atoms with E-state index in [0.29, 0.717) is 6.54 Å². The zero-order chi connectivity index (χ0) is 15.8. The first-order chi connectivity index (χ1) is 10.7. The zero-order valence-corrected chi connectivity index (χ0v) is 13.1. The molecular formula is C17H22N4O. The molecule has 0 saturated carbocycles. The molecule has 0 saturated heterocycles. The molecule has 5 heteroatoms. The van der Waals surface area contributed by atoms with Crippen LogP contribution in [-0.4, -0.2) is 30.2 Å². The van der Waals surface area contributed by atoms with Gasteiger partial charge in [-0.05, 0) is 31.0 Å². The van der Waals surface area contributed by atoms with Crippen molar-refractivity contribution >= 4 is 11.6 Å². The van der Waals surface area contributed by atoms with Crippen molar-refractivity contribution in [2.24, 2.45) is 0 Å². The van der Waals surface area contributed by atoms with Crippen molar-refractivity contribution in [3.05, 3.63) is 54.4 Å². The Morgan fingerprint density at radius 1 is 1.18 bits per heavy atom. The lowest BCUT2D eigenvalue weighted by molar-refractivity contribution is 0.414. The van der Waals surface area contributed by atoms with Crippen LogP contribution in [0, 0.1) is 6.92 Å². The number of ether oxygens (including phenoxy) is 1. The third-order valence-electron chi connectivity index (χ3n) is 3.12. The van der Waals surface area contributed by atoms with Crippen LogP contribution in [0.5, 0.6) is 5.75 Å². The lowest BCUT2D eigenvalue weighted by atomic mass is 10.1. The Hall–Kier alpha value is -2.56. The number of anilines is 2. The number of nitrogens with zero attached hydrogens (tertiary/aromatic N) is 2. The third kappa shape index (κ3) is 4.77. The van der Waals surface area contributed by atoms with Crippen LogP contribution in [-0.2, 0) is 6.42 Å². The van der Waals surface area contributed by atoms with Crippen molar-refractivity contribution in [2.45, 2.75) is 13.3 Å². The van der Waals surface area contributed by atoms with Gasteiger partial charge < -0.3 is 15.4 Å². The van der Waals surface area contributed by atoms with E-state index in [4.69, 9.17) is 4.74 Å². The Balaban J connectivity index is 1.93. The van der Waals surface area contributed by atoms with Crippen molar-refractivity contribution in [1.29, 1.82) is 0 Å². The van der Waals surface area contributed by atoms with Crippen LogP contribution in [0.3, 0.4) is 0 Å². The summed E-state index contributed by atoms with van der Waals surface area (Å²) in [5.74, 6) is 3.24. The summed E-state index contributed by atoms with van der Waals surface area (Å²) in [4.78, 5) is 8.73. The molecule has 116 valence electrons. The van der Waals surface area contributed by atoms with Gasteiger partial charge in [0.25, 0.3) is 0 Å². The maximum Gasteiger partial charge on any atom is 0.132 e. The van der Waals surface area contributed by atoms with E-state index in [1.54, 1.807) is 13.2 Å². The molecule has 5 nitrogen and oxygen atoms in total. The van der Waals surface area contributed by atoms with Crippen LogP contribution >= 0.6 is 0 Å². The average molecular weight is 298 g/mol. The van der Waals surface area contributed by atoms with Crippen molar-refractivity contribution in [1.82, 2.24) is 9.97 Å². The third-order valence-corrected chi connectivity index (χ3v) is 3.12. The molecule has 2 aromatic rings. The molecule has 0 bridgehead atoms. The molecule has 1 aromatic carbocycles. The summed E-state index contributed by atoms with van der Waals surface area (Å²) in [6.07, 6.45) is 2.70. The molecule has 0 aliphatic carbocycles. The molecule has 0 atom stereocenters. The quantitative estimate of drug-likeness (QED) is 0.734. The highest BCUT2D eigenvalue weighted by Gasteiger charge is 2.01. The van der Waals surface area contributed by atoms with E-state index in [1.165, 1.54) is 5.56 Å². The van der Waals surface area contributed by atoms with Gasteiger partial charge in [-0.15, -0.1) is 6.58 Å². The Bertz CT molecular complexity index is 628. The Morgan fingerprint density at radius 3 is 2.68 bits per heavy atom. The highest BCUT2D eigenvalue weighted by molar-refractivity contribution is 5.47. The number of aromatic nitrogens is 2. The zero-order valence-electron chi connectivity index (χ0n) is 13.1. The van der Waals surface area contributed by atoms with Crippen LogP contribution in [0.4, 0.5) is 11.6 Å². The van der Waals surface area contributed by atoms with Gasteiger partial charge in [-0.2, -0.15) is 0 Å². The predicted molar refractivity (Wildman–Crippen MR) is 90.6 cm³/mol. The number of aryl methyl sites for hydroxylation is 1. The summed E-state index contributed by atoms with van der Waals surface area (Å²) in [7, 11) is 1.68. The summed E-state index contributed by atoms with van der Waals surface area (Å²) in [6.45, 7) is 7.04. The summed E-state index contributed by atoms with van der Waals surface area (Å²) in [6, 6.07) is 9.99. The summed E-state index contributed by atoms with van der Waals surface area (Å²) in [5, 5.41) is 6.50. The van der Waals surface area contributed by atoms with E-state index in [0.717, 1.165) is 36.2 Å². The summed E-state index contributed by atoms with van der Waals surface area (Å²) in [5.41, 5.74) is 1.22. The minimum absolute atomic E-state index is 0.680. The van der Waals surface area contributed by atoms with Gasteiger partial charge in [0, 0.05) is 19.2 Å². The topological polar surface area (TPSA) is 59.1 Å². The lowest BCUT2D eigenvalue weighted by Crippen LogP contribution is -2.09. The van der Waals surface area contributed by atoms with Crippen molar-refractivity contribution < 1.29 is 4.74 Å². The predicted octanol–water partition coefficient (Wildman–Crippen LogP) is 3.05. The summed E-state index contributed by atoms with van der Waals surface area (Å²) < 4.78 is 5.23. The van der Waals surface area contributed by atoms with Crippen molar-refractivity contribution in [3.63, 3.8) is 0 Å². The highest BCUT2D eigenvalue weighted by Crippen LogP contribution is 2.14. The fraction of sp³-hybridized carbons (Fsp3) is 0.294. The molecule has 0 radical (unpaired) electrons. The van der Waals surface area contributed by atoms with Crippen LogP contribution in [0.15, 0.2) is 43.0 Å². The lowest BCUT2D eigenvalue weighted by Gasteiger charge is -2.10. The van der Waals surface area contributed by atoms with Gasteiger partial charge in [0.05, 0.1) is 7.11 Å². The average Bonchev–Trinajstić information content (AvgIpc) is 2.53. The van der Waals surface area contributed by atoms with Crippen LogP contribution < -0.4 is 15.4 Å². The van der Waals surface area contributed by atoms with E-state index < -0.39 is 0 Å². The molecular weight excluding hydrogens is 276 g/mol. The smallest absolute Gasteiger partial charge is 0.132 e. The molecule has 22 heavy (non-hydrogen) atoms. The Labute approximate surface area is 131 Å². The Kier molecular flexibility index (Phi) is 5.77. The second-order valence-corrected chi connectivity index (χ2v) is 4.88. The molecule has 0 fully saturated rings. The number of nitrogens with one attached hydrogen (secondary N) is 2. The van der Waals surface area contributed by atoms with E-state index in [1.807, 2.05) is 31.2 Å². The monoisotopic (exact) mass is 298 g/mol. The number of methoxy groups -OCH3 is 1. The van der Waals surface area contributed by atoms with Gasteiger partial charge in [0.15, 0.2) is 0 Å². The first-order valence-electron chi connectivity index (χ1n) is 7.28. The van der Waals surface area contributed by atoms with Gasteiger partial charge in [-0.1, -0.05) is 18.2 Å². The van der Waals surface area contributed by atoms with E-state index in [-0.39, 0.29) is 0 Å². The SMILES string of the molecule is C=CCNc1cc(NCCc2cccc(OC)c2)nc(C)n1. The van der Waals surface area contributed by atoms with Crippen molar-refractivity contribution in [2.75, 3.05) is 30.8 Å². The van der Waals surface area contributed by atoms with Crippen LogP contribution in [0.25, 0.3) is 0 Å². The minimum atomic E-state index is 0.680. The van der Waals surface area contributed by atoms with Gasteiger partial charge in [0.1, 0.15) is 23.2 Å². The second kappa shape index (κ2) is 8.02. The van der Waals surface area contributed by atoms with Gasteiger partial charge in [0.2, 0.25) is 0 Å². The normalized spacial score (nSPS) is 10.1. The highest BCUT2D eigenvalue weighted by atomic mass is 16.5. The van der Waals surface area contributed by atoms with Gasteiger partial charge in [-0.25, -0.2) is 9.97 Å². The van der Waals surface area contributed by atoms with Gasteiger partial charge in [-0.3, -0.25) is 0 Å². The van der Waals surface area contributed by atoms with Crippen molar-refractivity contribution in [3.8, 4) is 5.75 Å². The fourth-order valence-corrected chi connectivity index (χ4v) is 2.09. The molecule has 0 aliphatic rings. The second-order valence-electron chi connectivity index (χ2n) is 4.88. The number of hydrogen-bond donors (Lipinski definition) is 2. The Morgan fingerprint density at radius 2 is 1.95 bits per heavy atom. The molecule has 0 aliphatic heterocycles. The molecule has 2 N–H and O–H groups in total. The maximum absolute atomic E-state index is 5.23. The van der Waals surface area contributed by atoms with E-state index in [9.17, 15) is 0 Å². The molecule has 0 amide bonds.